The second-order valence-corrected chi connectivity index (χ2v) is 6.33. The number of para-hydroxylation sites is 1. The number of alkyl halides is 3. The molecule has 0 fully saturated rings. The van der Waals surface area contributed by atoms with E-state index in [0.29, 0.717) is 0 Å². The average Bonchev–Trinajstić information content (AvgIpc) is 2.49. The third-order valence-corrected chi connectivity index (χ3v) is 4.57. The first-order chi connectivity index (χ1) is 10.8. The molecule has 0 spiro atoms. The summed E-state index contributed by atoms with van der Waals surface area (Å²) in [6.07, 6.45) is -2.52. The minimum atomic E-state index is -5.02. The molecule has 0 aliphatic carbocycles. The van der Waals surface area contributed by atoms with Gasteiger partial charge in [0, 0.05) is 17.8 Å². The zero-order chi connectivity index (χ0) is 17.1. The van der Waals surface area contributed by atoms with E-state index in [1.54, 1.807) is 4.72 Å². The maximum Gasteiger partial charge on any atom is 0.411 e. The number of sulfonamides is 1. The summed E-state index contributed by atoms with van der Waals surface area (Å²) in [6, 6.07) is 6.35. The number of benzene rings is 1. The van der Waals surface area contributed by atoms with E-state index in [-0.39, 0.29) is 11.6 Å². The first-order valence-electron chi connectivity index (χ1n) is 6.27. The van der Waals surface area contributed by atoms with Gasteiger partial charge in [-0.25, -0.2) is 23.1 Å². The van der Waals surface area contributed by atoms with Crippen molar-refractivity contribution < 1.29 is 26.3 Å². The summed E-state index contributed by atoms with van der Waals surface area (Å²) in [5, 5.41) is -2.77. The molecule has 1 atom stereocenters. The van der Waals surface area contributed by atoms with E-state index in [0.717, 1.165) is 19.4 Å². The fourth-order valence-corrected chi connectivity index (χ4v) is 3.00. The SMILES string of the molecule is CNS(=O)(=O)C(c1ccccc1Oc1ccncn1)C(F)(F)F. The lowest BCUT2D eigenvalue weighted by Crippen LogP contribution is -2.35. The van der Waals surface area contributed by atoms with Crippen LogP contribution in [0.5, 0.6) is 11.6 Å². The number of ether oxygens (including phenoxy) is 1. The van der Waals surface area contributed by atoms with Crippen LogP contribution >= 0.6 is 0 Å². The second kappa shape index (κ2) is 6.50. The van der Waals surface area contributed by atoms with E-state index >= 15 is 0 Å². The number of hydrogen-bond acceptors (Lipinski definition) is 5. The summed E-state index contributed by atoms with van der Waals surface area (Å²) in [5.74, 6) is -0.261. The Morgan fingerprint density at radius 2 is 1.91 bits per heavy atom. The molecule has 2 aromatic rings. The van der Waals surface area contributed by atoms with Crippen molar-refractivity contribution >= 4 is 10.0 Å². The molecule has 2 rings (SSSR count). The van der Waals surface area contributed by atoms with Gasteiger partial charge in [0.1, 0.15) is 12.1 Å². The summed E-state index contributed by atoms with van der Waals surface area (Å²) < 4.78 is 70.6. The lowest BCUT2D eigenvalue weighted by atomic mass is 10.1. The van der Waals surface area contributed by atoms with E-state index in [4.69, 9.17) is 4.74 Å². The fraction of sp³-hybridized carbons (Fsp3) is 0.231. The standard InChI is InChI=1S/C13H12F3N3O3S/c1-17-23(20,21)12(13(14,15)16)9-4-2-3-5-10(9)22-11-6-7-18-8-19-11/h2-8,12,17H,1H3. The fourth-order valence-electron chi connectivity index (χ4n) is 1.88. The molecule has 1 aromatic heterocycles. The maximum absolute atomic E-state index is 13.3. The van der Waals surface area contributed by atoms with E-state index in [1.165, 1.54) is 30.5 Å². The Hall–Kier alpha value is -2.20. The number of halogens is 3. The summed E-state index contributed by atoms with van der Waals surface area (Å²) in [6.45, 7) is 0. The van der Waals surface area contributed by atoms with Gasteiger partial charge in [-0.3, -0.25) is 0 Å². The maximum atomic E-state index is 13.3. The van der Waals surface area contributed by atoms with Gasteiger partial charge in [-0.1, -0.05) is 18.2 Å². The molecular formula is C13H12F3N3O3S. The Morgan fingerprint density at radius 3 is 2.48 bits per heavy atom. The smallest absolute Gasteiger partial charge is 0.411 e. The summed E-state index contributed by atoms with van der Waals surface area (Å²) in [5.41, 5.74) is -0.534. The first-order valence-corrected chi connectivity index (χ1v) is 7.82. The lowest BCUT2D eigenvalue weighted by molar-refractivity contribution is -0.132. The summed E-state index contributed by atoms with van der Waals surface area (Å²) in [7, 11) is -3.75. The number of nitrogens with zero attached hydrogens (tertiary/aromatic N) is 2. The Morgan fingerprint density at radius 1 is 1.22 bits per heavy atom. The van der Waals surface area contributed by atoms with Crippen LogP contribution in [-0.2, 0) is 10.0 Å². The molecule has 6 nitrogen and oxygen atoms in total. The van der Waals surface area contributed by atoms with Gasteiger partial charge in [0.05, 0.1) is 0 Å². The third kappa shape index (κ3) is 3.96. The molecule has 23 heavy (non-hydrogen) atoms. The van der Waals surface area contributed by atoms with Crippen LogP contribution in [-0.4, -0.2) is 31.6 Å². The van der Waals surface area contributed by atoms with Crippen LogP contribution in [0.15, 0.2) is 42.9 Å². The molecule has 124 valence electrons. The third-order valence-electron chi connectivity index (χ3n) is 2.86. The van der Waals surface area contributed by atoms with Gasteiger partial charge < -0.3 is 4.74 Å². The molecular weight excluding hydrogens is 335 g/mol. The van der Waals surface area contributed by atoms with Crippen molar-refractivity contribution in [3.8, 4) is 11.6 Å². The highest BCUT2D eigenvalue weighted by Crippen LogP contribution is 2.42. The highest BCUT2D eigenvalue weighted by molar-refractivity contribution is 7.89. The molecule has 0 saturated heterocycles. The van der Waals surface area contributed by atoms with Crippen molar-refractivity contribution in [2.45, 2.75) is 11.4 Å². The predicted molar refractivity (Wildman–Crippen MR) is 75.3 cm³/mol. The van der Waals surface area contributed by atoms with Crippen LogP contribution in [0, 0.1) is 0 Å². The second-order valence-electron chi connectivity index (χ2n) is 4.36. The Kier molecular flexibility index (Phi) is 4.85. The van der Waals surface area contributed by atoms with Gasteiger partial charge in [0.15, 0.2) is 5.25 Å². The molecule has 0 bridgehead atoms. The van der Waals surface area contributed by atoms with Crippen LogP contribution in [0.4, 0.5) is 13.2 Å². The summed E-state index contributed by atoms with van der Waals surface area (Å²) >= 11 is 0. The molecule has 10 heteroatoms. The lowest BCUT2D eigenvalue weighted by Gasteiger charge is -2.22. The van der Waals surface area contributed by atoms with E-state index < -0.39 is 27.0 Å². The number of aromatic nitrogens is 2. The van der Waals surface area contributed by atoms with Crippen LogP contribution in [0.3, 0.4) is 0 Å². The van der Waals surface area contributed by atoms with E-state index in [9.17, 15) is 21.6 Å². The number of nitrogens with one attached hydrogen (secondary N) is 1. The number of rotatable bonds is 5. The molecule has 0 aliphatic heterocycles. The van der Waals surface area contributed by atoms with Gasteiger partial charge >= 0.3 is 6.18 Å². The Bertz CT molecular complexity index is 767. The van der Waals surface area contributed by atoms with E-state index in [1.807, 2.05) is 0 Å². The van der Waals surface area contributed by atoms with Gasteiger partial charge in [-0.15, -0.1) is 0 Å². The van der Waals surface area contributed by atoms with Crippen LogP contribution in [0.1, 0.15) is 10.8 Å². The molecule has 0 radical (unpaired) electrons. The summed E-state index contributed by atoms with van der Waals surface area (Å²) in [4.78, 5) is 7.40. The van der Waals surface area contributed by atoms with Gasteiger partial charge in [-0.2, -0.15) is 13.2 Å². The van der Waals surface area contributed by atoms with Gasteiger partial charge in [0.2, 0.25) is 15.9 Å². The topological polar surface area (TPSA) is 81.2 Å². The monoisotopic (exact) mass is 347 g/mol. The van der Waals surface area contributed by atoms with Crippen molar-refractivity contribution in [3.05, 3.63) is 48.4 Å². The van der Waals surface area contributed by atoms with Crippen molar-refractivity contribution in [1.82, 2.24) is 14.7 Å². The quantitative estimate of drug-likeness (QED) is 0.898. The highest BCUT2D eigenvalue weighted by Gasteiger charge is 2.50. The molecule has 1 heterocycles. The van der Waals surface area contributed by atoms with Crippen molar-refractivity contribution in [2.75, 3.05) is 7.05 Å². The highest BCUT2D eigenvalue weighted by atomic mass is 32.2. The molecule has 0 saturated carbocycles. The number of hydrogen-bond donors (Lipinski definition) is 1. The average molecular weight is 347 g/mol. The first kappa shape index (κ1) is 17.2. The Labute approximate surface area is 130 Å². The zero-order valence-corrected chi connectivity index (χ0v) is 12.6. The molecule has 0 amide bonds. The van der Waals surface area contributed by atoms with Gasteiger partial charge in [0.25, 0.3) is 0 Å². The zero-order valence-electron chi connectivity index (χ0n) is 11.8. The Balaban J connectivity index is 2.53. The minimum absolute atomic E-state index is 0.00442. The van der Waals surface area contributed by atoms with Gasteiger partial charge in [-0.05, 0) is 13.1 Å². The minimum Gasteiger partial charge on any atom is -0.439 e. The normalized spacial score (nSPS) is 13.6. The van der Waals surface area contributed by atoms with Crippen molar-refractivity contribution in [3.63, 3.8) is 0 Å². The van der Waals surface area contributed by atoms with Crippen LogP contribution in [0.25, 0.3) is 0 Å². The van der Waals surface area contributed by atoms with Crippen molar-refractivity contribution in [2.24, 2.45) is 0 Å². The molecule has 1 aromatic carbocycles. The van der Waals surface area contributed by atoms with E-state index in [2.05, 4.69) is 9.97 Å². The van der Waals surface area contributed by atoms with Crippen molar-refractivity contribution in [1.29, 1.82) is 0 Å². The largest absolute Gasteiger partial charge is 0.439 e. The van der Waals surface area contributed by atoms with Crippen LogP contribution < -0.4 is 9.46 Å². The molecule has 0 aliphatic rings. The molecule has 1 N–H and O–H groups in total. The van der Waals surface area contributed by atoms with Crippen LogP contribution in [0.2, 0.25) is 0 Å². The predicted octanol–water partition coefficient (Wildman–Crippen LogP) is 2.42. The molecule has 1 unspecified atom stereocenters.